The normalized spacial score (nSPS) is 12.2. The van der Waals surface area contributed by atoms with Crippen molar-refractivity contribution in [2.45, 2.75) is 33.2 Å². The lowest BCUT2D eigenvalue weighted by Crippen LogP contribution is -2.41. The maximum atomic E-state index is 5.93. The van der Waals surface area contributed by atoms with Crippen LogP contribution in [0.4, 0.5) is 5.69 Å². The first-order valence-electron chi connectivity index (χ1n) is 6.53. The van der Waals surface area contributed by atoms with Crippen molar-refractivity contribution in [3.05, 3.63) is 29.3 Å². The van der Waals surface area contributed by atoms with E-state index in [9.17, 15) is 0 Å². The fraction of sp³-hybridized carbons (Fsp3) is 0.533. The van der Waals surface area contributed by atoms with Crippen LogP contribution in [-0.2, 0) is 0 Å². The highest BCUT2D eigenvalue weighted by Crippen LogP contribution is 2.14. The fourth-order valence-electron chi connectivity index (χ4n) is 1.65. The minimum atomic E-state index is -0.00514. The van der Waals surface area contributed by atoms with Gasteiger partial charge in [0.25, 0.3) is 0 Å². The lowest BCUT2D eigenvalue weighted by atomic mass is 10.1. The zero-order valence-corrected chi connectivity index (χ0v) is 15.6. The number of benzene rings is 1. The van der Waals surface area contributed by atoms with E-state index in [1.165, 1.54) is 11.1 Å². The number of hydrogen-bond donors (Lipinski definition) is 2. The van der Waals surface area contributed by atoms with Gasteiger partial charge in [-0.25, -0.2) is 0 Å². The number of aryl methyl sites for hydroxylation is 2. The second-order valence-corrected chi connectivity index (χ2v) is 5.91. The van der Waals surface area contributed by atoms with Gasteiger partial charge in [-0.05, 0) is 65.0 Å². The molecule has 0 aliphatic rings. The van der Waals surface area contributed by atoms with Gasteiger partial charge >= 0.3 is 0 Å². The highest BCUT2D eigenvalue weighted by atomic mass is 127. The van der Waals surface area contributed by atoms with E-state index in [0.29, 0.717) is 12.5 Å². The van der Waals surface area contributed by atoms with Gasteiger partial charge in [0.15, 0.2) is 5.96 Å². The summed E-state index contributed by atoms with van der Waals surface area (Å²) in [5, 5.41) is 3.14. The maximum Gasteiger partial charge on any atom is 0.193 e. The van der Waals surface area contributed by atoms with Crippen molar-refractivity contribution in [3.63, 3.8) is 0 Å². The zero-order chi connectivity index (χ0) is 14.6. The van der Waals surface area contributed by atoms with E-state index in [1.54, 1.807) is 0 Å². The summed E-state index contributed by atoms with van der Waals surface area (Å²) in [5.41, 5.74) is 9.34. The summed E-state index contributed by atoms with van der Waals surface area (Å²) in [5.74, 6) is 0.458. The molecule has 20 heavy (non-hydrogen) atoms. The zero-order valence-electron chi connectivity index (χ0n) is 13.3. The predicted molar refractivity (Wildman–Crippen MR) is 99.2 cm³/mol. The number of likely N-dealkylation sites (N-methyl/N-ethyl adjacent to an activating group) is 1. The second kappa shape index (κ2) is 7.83. The van der Waals surface area contributed by atoms with E-state index in [-0.39, 0.29) is 29.5 Å². The van der Waals surface area contributed by atoms with Crippen LogP contribution in [0.3, 0.4) is 0 Å². The Balaban J connectivity index is 0.00000361. The summed E-state index contributed by atoms with van der Waals surface area (Å²) >= 11 is 0. The molecule has 0 aliphatic heterocycles. The minimum Gasteiger partial charge on any atom is -0.370 e. The number of hydrogen-bond acceptors (Lipinski definition) is 2. The molecule has 3 N–H and O–H groups in total. The predicted octanol–water partition coefficient (Wildman–Crippen LogP) is 2.99. The Morgan fingerprint density at radius 1 is 1.20 bits per heavy atom. The molecule has 4 nitrogen and oxygen atoms in total. The number of halogens is 1. The Morgan fingerprint density at radius 3 is 2.15 bits per heavy atom. The molecule has 0 bridgehead atoms. The van der Waals surface area contributed by atoms with E-state index >= 15 is 0 Å². The first kappa shape index (κ1) is 19.2. The van der Waals surface area contributed by atoms with Crippen molar-refractivity contribution in [1.29, 1.82) is 0 Å². The molecule has 1 aromatic carbocycles. The van der Waals surface area contributed by atoms with E-state index in [2.05, 4.69) is 61.1 Å². The highest BCUT2D eigenvalue weighted by Gasteiger charge is 2.19. The van der Waals surface area contributed by atoms with Gasteiger partial charge in [0.2, 0.25) is 0 Å². The van der Waals surface area contributed by atoms with Crippen LogP contribution in [0.15, 0.2) is 23.2 Å². The van der Waals surface area contributed by atoms with Gasteiger partial charge in [0.1, 0.15) is 0 Å². The lowest BCUT2D eigenvalue weighted by Gasteiger charge is -2.30. The van der Waals surface area contributed by atoms with Crippen LogP contribution in [0.2, 0.25) is 0 Å². The minimum absolute atomic E-state index is 0. The molecule has 1 aromatic rings. The van der Waals surface area contributed by atoms with E-state index in [1.807, 2.05) is 14.1 Å². The van der Waals surface area contributed by atoms with E-state index in [4.69, 9.17) is 5.73 Å². The average molecular weight is 390 g/mol. The second-order valence-electron chi connectivity index (χ2n) is 5.91. The molecule has 0 fully saturated rings. The molecule has 0 spiro atoms. The summed E-state index contributed by atoms with van der Waals surface area (Å²) in [6.45, 7) is 9.08. The number of nitrogens with one attached hydrogen (secondary N) is 1. The molecule has 0 amide bonds. The Hall–Kier alpha value is -0.820. The molecule has 0 radical (unpaired) electrons. The van der Waals surface area contributed by atoms with Crippen LogP contribution in [0.5, 0.6) is 0 Å². The summed E-state index contributed by atoms with van der Waals surface area (Å²) in [7, 11) is 4.09. The molecule has 0 unspecified atom stereocenters. The van der Waals surface area contributed by atoms with Gasteiger partial charge in [-0.15, -0.1) is 24.0 Å². The van der Waals surface area contributed by atoms with Crippen molar-refractivity contribution in [2.75, 3.05) is 26.0 Å². The number of anilines is 1. The Labute approximate surface area is 139 Å². The van der Waals surface area contributed by atoms with Crippen molar-refractivity contribution in [1.82, 2.24) is 4.90 Å². The van der Waals surface area contributed by atoms with Gasteiger partial charge in [0.05, 0.1) is 6.54 Å². The van der Waals surface area contributed by atoms with E-state index < -0.39 is 0 Å². The number of aliphatic imine (C=N–C) groups is 1. The molecule has 0 aliphatic carbocycles. The number of rotatable bonds is 4. The Bertz CT molecular complexity index is 447. The van der Waals surface area contributed by atoms with Crippen molar-refractivity contribution < 1.29 is 0 Å². The Morgan fingerprint density at radius 2 is 1.70 bits per heavy atom. The molecular weight excluding hydrogens is 363 g/mol. The standard InChI is InChI=1S/C15H26N4.HI/c1-11-7-12(2)9-13(8-11)18-14(16)17-10-15(3,4)19(5)6;/h7-9H,10H2,1-6H3,(H3,16,17,18);1H. The molecule has 0 saturated heterocycles. The Kier molecular flexibility index (Phi) is 7.51. The van der Waals surface area contributed by atoms with Crippen molar-refractivity contribution in [2.24, 2.45) is 10.7 Å². The molecular formula is C15H27IN4. The van der Waals surface area contributed by atoms with Crippen LogP contribution in [-0.4, -0.2) is 37.0 Å². The molecule has 0 saturated carbocycles. The lowest BCUT2D eigenvalue weighted by molar-refractivity contribution is 0.205. The van der Waals surface area contributed by atoms with Crippen LogP contribution in [0, 0.1) is 13.8 Å². The molecule has 114 valence electrons. The first-order chi connectivity index (χ1) is 8.70. The number of nitrogens with two attached hydrogens (primary N) is 1. The fourth-order valence-corrected chi connectivity index (χ4v) is 1.65. The van der Waals surface area contributed by atoms with Crippen LogP contribution in [0.1, 0.15) is 25.0 Å². The molecule has 0 atom stereocenters. The average Bonchev–Trinajstić information content (AvgIpc) is 2.24. The largest absolute Gasteiger partial charge is 0.370 e. The molecule has 5 heteroatoms. The maximum absolute atomic E-state index is 5.93. The summed E-state index contributed by atoms with van der Waals surface area (Å²) in [4.78, 5) is 6.55. The van der Waals surface area contributed by atoms with Gasteiger partial charge in [-0.1, -0.05) is 6.07 Å². The summed E-state index contributed by atoms with van der Waals surface area (Å²) in [6, 6.07) is 6.26. The number of nitrogens with zero attached hydrogens (tertiary/aromatic N) is 2. The van der Waals surface area contributed by atoms with E-state index in [0.717, 1.165) is 5.69 Å². The highest BCUT2D eigenvalue weighted by molar-refractivity contribution is 14.0. The smallest absolute Gasteiger partial charge is 0.193 e. The summed E-state index contributed by atoms with van der Waals surface area (Å²) in [6.07, 6.45) is 0. The van der Waals surface area contributed by atoms with Gasteiger partial charge in [-0.2, -0.15) is 0 Å². The monoisotopic (exact) mass is 390 g/mol. The molecule has 1 rings (SSSR count). The van der Waals surface area contributed by atoms with Crippen LogP contribution in [0.25, 0.3) is 0 Å². The van der Waals surface area contributed by atoms with Gasteiger partial charge < -0.3 is 16.0 Å². The van der Waals surface area contributed by atoms with Crippen LogP contribution < -0.4 is 11.1 Å². The molecule has 0 aromatic heterocycles. The first-order valence-corrected chi connectivity index (χ1v) is 6.53. The topological polar surface area (TPSA) is 53.6 Å². The van der Waals surface area contributed by atoms with Crippen molar-refractivity contribution in [3.8, 4) is 0 Å². The quantitative estimate of drug-likeness (QED) is 0.472. The van der Waals surface area contributed by atoms with Crippen LogP contribution >= 0.6 is 24.0 Å². The molecule has 0 heterocycles. The third kappa shape index (κ3) is 6.09. The SMILES string of the molecule is Cc1cc(C)cc(NC(N)=NCC(C)(C)N(C)C)c1.I. The van der Waals surface area contributed by atoms with Crippen molar-refractivity contribution >= 4 is 35.6 Å². The third-order valence-corrected chi connectivity index (χ3v) is 3.34. The third-order valence-electron chi connectivity index (χ3n) is 3.34. The van der Waals surface area contributed by atoms with Gasteiger partial charge in [0, 0.05) is 11.2 Å². The van der Waals surface area contributed by atoms with Gasteiger partial charge in [-0.3, -0.25) is 4.99 Å². The summed E-state index contributed by atoms with van der Waals surface area (Å²) < 4.78 is 0. The number of guanidine groups is 1.